The topological polar surface area (TPSA) is 25.8 Å². The molecule has 0 radical (unpaired) electrons. The molecular formula is C11H6BrCl3N2. The molecule has 17 heavy (non-hydrogen) atoms. The maximum Gasteiger partial charge on any atom is 0.146 e. The van der Waals surface area contributed by atoms with E-state index in [4.69, 9.17) is 34.8 Å². The number of aromatic nitrogens is 2. The summed E-state index contributed by atoms with van der Waals surface area (Å²) in [5.41, 5.74) is 1.46. The van der Waals surface area contributed by atoms with Crippen molar-refractivity contribution in [2.24, 2.45) is 0 Å². The van der Waals surface area contributed by atoms with Gasteiger partial charge in [-0.15, -0.1) is 11.6 Å². The van der Waals surface area contributed by atoms with Gasteiger partial charge in [0, 0.05) is 10.0 Å². The fourth-order valence-electron chi connectivity index (χ4n) is 1.39. The Morgan fingerprint density at radius 3 is 2.18 bits per heavy atom. The number of alkyl halides is 1. The van der Waals surface area contributed by atoms with Crippen LogP contribution in [0, 0.1) is 0 Å². The minimum atomic E-state index is 0.176. The van der Waals surface area contributed by atoms with Crippen molar-refractivity contribution < 1.29 is 0 Å². The molecule has 2 rings (SSSR count). The Bertz CT molecular complexity index is 537. The van der Waals surface area contributed by atoms with Crippen molar-refractivity contribution in [2.75, 3.05) is 0 Å². The fourth-order valence-corrected chi connectivity index (χ4v) is 2.62. The standard InChI is InChI=1S/C11H6BrCl3N2/c12-7-4-2-1-3-6(7)9-10(14)16-8(5-13)17-11(9)15/h1-4H,5H2. The molecule has 0 unspecified atom stereocenters. The zero-order chi connectivity index (χ0) is 12.4. The predicted molar refractivity (Wildman–Crippen MR) is 74.7 cm³/mol. The molecule has 1 aromatic heterocycles. The van der Waals surface area contributed by atoms with Gasteiger partial charge in [0.2, 0.25) is 0 Å². The van der Waals surface area contributed by atoms with E-state index in [2.05, 4.69) is 25.9 Å². The number of hydrogen-bond donors (Lipinski definition) is 0. The van der Waals surface area contributed by atoms with Gasteiger partial charge in [-0.05, 0) is 6.07 Å². The summed E-state index contributed by atoms with van der Waals surface area (Å²) in [6, 6.07) is 7.59. The number of hydrogen-bond acceptors (Lipinski definition) is 2. The van der Waals surface area contributed by atoms with Gasteiger partial charge in [-0.2, -0.15) is 0 Å². The second kappa shape index (κ2) is 5.53. The fraction of sp³-hybridized carbons (Fsp3) is 0.0909. The lowest BCUT2D eigenvalue weighted by Gasteiger charge is -2.09. The van der Waals surface area contributed by atoms with Crippen molar-refractivity contribution in [1.29, 1.82) is 0 Å². The van der Waals surface area contributed by atoms with E-state index in [1.54, 1.807) is 0 Å². The van der Waals surface area contributed by atoms with Gasteiger partial charge in [0.25, 0.3) is 0 Å². The second-order valence-corrected chi connectivity index (χ2v) is 5.05. The third-order valence-corrected chi connectivity index (χ3v) is 3.61. The molecule has 0 aliphatic carbocycles. The molecule has 1 aromatic carbocycles. The van der Waals surface area contributed by atoms with Crippen LogP contribution in [0.15, 0.2) is 28.7 Å². The van der Waals surface area contributed by atoms with Crippen molar-refractivity contribution in [1.82, 2.24) is 9.97 Å². The van der Waals surface area contributed by atoms with Crippen LogP contribution in [0.1, 0.15) is 5.82 Å². The molecule has 0 saturated heterocycles. The predicted octanol–water partition coefficient (Wildman–Crippen LogP) is 4.95. The molecule has 0 fully saturated rings. The van der Waals surface area contributed by atoms with Crippen molar-refractivity contribution in [3.63, 3.8) is 0 Å². The molecule has 2 nitrogen and oxygen atoms in total. The molecule has 0 aliphatic heterocycles. The quantitative estimate of drug-likeness (QED) is 0.564. The molecule has 0 spiro atoms. The van der Waals surface area contributed by atoms with Crippen LogP contribution >= 0.6 is 50.7 Å². The lowest BCUT2D eigenvalue weighted by Crippen LogP contribution is -1.96. The molecule has 6 heteroatoms. The molecule has 0 saturated carbocycles. The zero-order valence-corrected chi connectivity index (χ0v) is 12.3. The highest BCUT2D eigenvalue weighted by atomic mass is 79.9. The first-order valence-corrected chi connectivity index (χ1v) is 6.74. The number of halogens is 4. The SMILES string of the molecule is ClCc1nc(Cl)c(-c2ccccc2Br)c(Cl)n1. The van der Waals surface area contributed by atoms with Crippen LogP contribution in [0.5, 0.6) is 0 Å². The second-order valence-electron chi connectivity index (χ2n) is 3.21. The highest BCUT2D eigenvalue weighted by Gasteiger charge is 2.15. The molecule has 0 N–H and O–H groups in total. The summed E-state index contributed by atoms with van der Waals surface area (Å²) in [5, 5.41) is 0.597. The van der Waals surface area contributed by atoms with Crippen LogP contribution < -0.4 is 0 Å². The Morgan fingerprint density at radius 2 is 1.65 bits per heavy atom. The maximum atomic E-state index is 6.10. The summed E-state index contributed by atoms with van der Waals surface area (Å²) < 4.78 is 0.881. The lowest BCUT2D eigenvalue weighted by atomic mass is 10.1. The molecule has 2 aromatic rings. The van der Waals surface area contributed by atoms with Gasteiger partial charge in [0.1, 0.15) is 16.1 Å². The van der Waals surface area contributed by atoms with Crippen LogP contribution in [0.4, 0.5) is 0 Å². The summed E-state index contributed by atoms with van der Waals surface area (Å²) >= 11 is 21.3. The molecule has 0 bridgehead atoms. The number of rotatable bonds is 2. The van der Waals surface area contributed by atoms with Gasteiger partial charge < -0.3 is 0 Å². The van der Waals surface area contributed by atoms with E-state index in [0.29, 0.717) is 21.7 Å². The minimum Gasteiger partial charge on any atom is -0.219 e. The van der Waals surface area contributed by atoms with Crippen LogP contribution in [0.25, 0.3) is 11.1 Å². The third-order valence-electron chi connectivity index (χ3n) is 2.13. The number of nitrogens with zero attached hydrogens (tertiary/aromatic N) is 2. The molecule has 1 heterocycles. The van der Waals surface area contributed by atoms with Gasteiger partial charge >= 0.3 is 0 Å². The van der Waals surface area contributed by atoms with E-state index in [1.165, 1.54) is 0 Å². The van der Waals surface area contributed by atoms with E-state index in [0.717, 1.165) is 10.0 Å². The Morgan fingerprint density at radius 1 is 1.06 bits per heavy atom. The summed E-state index contributed by atoms with van der Waals surface area (Å²) in [4.78, 5) is 8.17. The highest BCUT2D eigenvalue weighted by molar-refractivity contribution is 9.10. The van der Waals surface area contributed by atoms with Gasteiger partial charge in [0.05, 0.1) is 11.4 Å². The average molecular weight is 352 g/mol. The Balaban J connectivity index is 2.64. The third kappa shape index (κ3) is 2.74. The Labute approximate surface area is 122 Å². The van der Waals surface area contributed by atoms with E-state index >= 15 is 0 Å². The van der Waals surface area contributed by atoms with E-state index in [9.17, 15) is 0 Å². The number of benzene rings is 1. The molecular weight excluding hydrogens is 346 g/mol. The first-order chi connectivity index (χ1) is 8.13. The van der Waals surface area contributed by atoms with Gasteiger partial charge in [-0.25, -0.2) is 9.97 Å². The highest BCUT2D eigenvalue weighted by Crippen LogP contribution is 2.36. The van der Waals surface area contributed by atoms with Crippen molar-refractivity contribution in [3.8, 4) is 11.1 Å². The zero-order valence-electron chi connectivity index (χ0n) is 8.42. The summed E-state index contributed by atoms with van der Waals surface area (Å²) in [6.07, 6.45) is 0. The van der Waals surface area contributed by atoms with Crippen molar-refractivity contribution >= 4 is 50.7 Å². The first kappa shape index (κ1) is 13.1. The smallest absolute Gasteiger partial charge is 0.146 e. The van der Waals surface area contributed by atoms with E-state index < -0.39 is 0 Å². The van der Waals surface area contributed by atoms with Crippen molar-refractivity contribution in [3.05, 3.63) is 44.9 Å². The van der Waals surface area contributed by atoms with Gasteiger partial charge in [0.15, 0.2) is 0 Å². The summed E-state index contributed by atoms with van der Waals surface area (Å²) in [7, 11) is 0. The van der Waals surface area contributed by atoms with Crippen LogP contribution in [0.3, 0.4) is 0 Å². The van der Waals surface area contributed by atoms with Crippen LogP contribution in [0.2, 0.25) is 10.3 Å². The van der Waals surface area contributed by atoms with Gasteiger partial charge in [-0.3, -0.25) is 0 Å². The average Bonchev–Trinajstić information content (AvgIpc) is 2.30. The molecule has 88 valence electrons. The molecule has 0 amide bonds. The molecule has 0 atom stereocenters. The van der Waals surface area contributed by atoms with E-state index in [-0.39, 0.29) is 5.88 Å². The monoisotopic (exact) mass is 350 g/mol. The van der Waals surface area contributed by atoms with E-state index in [1.807, 2.05) is 24.3 Å². The normalized spacial score (nSPS) is 10.6. The maximum absolute atomic E-state index is 6.10. The van der Waals surface area contributed by atoms with Gasteiger partial charge in [-0.1, -0.05) is 57.3 Å². The van der Waals surface area contributed by atoms with Crippen LogP contribution in [-0.4, -0.2) is 9.97 Å². The summed E-state index contributed by atoms with van der Waals surface area (Å²) in [6.45, 7) is 0. The largest absolute Gasteiger partial charge is 0.219 e. The Kier molecular flexibility index (Phi) is 4.26. The minimum absolute atomic E-state index is 0.176. The first-order valence-electron chi connectivity index (χ1n) is 4.66. The summed E-state index contributed by atoms with van der Waals surface area (Å²) in [5.74, 6) is 0.591. The lowest BCUT2D eigenvalue weighted by molar-refractivity contribution is 1.03. The Hall–Kier alpha value is -0.350. The van der Waals surface area contributed by atoms with Crippen LogP contribution in [-0.2, 0) is 5.88 Å². The molecule has 0 aliphatic rings. The van der Waals surface area contributed by atoms with Crippen molar-refractivity contribution in [2.45, 2.75) is 5.88 Å².